The largest absolute Gasteiger partial charge is 0.356 e. The maximum Gasteiger partial charge on any atom is 0.225 e. The SMILES string of the molecule is CN=C(NCCc1cc(F)ccc1F)NCC1CC(=O)Nc2ccccc21. The van der Waals surface area contributed by atoms with E-state index < -0.39 is 11.6 Å². The van der Waals surface area contributed by atoms with Crippen molar-refractivity contribution in [3.63, 3.8) is 0 Å². The van der Waals surface area contributed by atoms with Crippen LogP contribution in [0.15, 0.2) is 47.5 Å². The van der Waals surface area contributed by atoms with Crippen molar-refractivity contribution in [2.24, 2.45) is 4.99 Å². The van der Waals surface area contributed by atoms with Gasteiger partial charge in [-0.05, 0) is 41.8 Å². The quantitative estimate of drug-likeness (QED) is 0.559. The van der Waals surface area contributed by atoms with Crippen molar-refractivity contribution in [3.8, 4) is 0 Å². The number of hydrogen-bond donors (Lipinski definition) is 3. The lowest BCUT2D eigenvalue weighted by Gasteiger charge is -2.26. The van der Waals surface area contributed by atoms with Crippen LogP contribution in [0.2, 0.25) is 0 Å². The van der Waals surface area contributed by atoms with Crippen LogP contribution < -0.4 is 16.0 Å². The number of anilines is 1. The van der Waals surface area contributed by atoms with Crippen LogP contribution in [0.5, 0.6) is 0 Å². The first-order chi connectivity index (χ1) is 13.1. The topological polar surface area (TPSA) is 65.5 Å². The number of hydrogen-bond acceptors (Lipinski definition) is 2. The first-order valence-electron chi connectivity index (χ1n) is 8.84. The maximum atomic E-state index is 13.7. The van der Waals surface area contributed by atoms with Gasteiger partial charge in [-0.25, -0.2) is 8.78 Å². The first-order valence-corrected chi connectivity index (χ1v) is 8.84. The van der Waals surface area contributed by atoms with Gasteiger partial charge in [0, 0.05) is 38.2 Å². The van der Waals surface area contributed by atoms with Crippen LogP contribution in [0.1, 0.15) is 23.5 Å². The fourth-order valence-electron chi connectivity index (χ4n) is 3.17. The van der Waals surface area contributed by atoms with Gasteiger partial charge in [-0.15, -0.1) is 0 Å². The minimum Gasteiger partial charge on any atom is -0.356 e. The minimum atomic E-state index is -0.455. The molecule has 3 N–H and O–H groups in total. The molecule has 1 aliphatic heterocycles. The van der Waals surface area contributed by atoms with Crippen molar-refractivity contribution in [2.75, 3.05) is 25.5 Å². The molecule has 2 aromatic carbocycles. The number of halogens is 2. The Morgan fingerprint density at radius 3 is 2.85 bits per heavy atom. The summed E-state index contributed by atoms with van der Waals surface area (Å²) in [6, 6.07) is 11.2. The predicted molar refractivity (Wildman–Crippen MR) is 102 cm³/mol. The molecule has 0 bridgehead atoms. The predicted octanol–water partition coefficient (Wildman–Crippen LogP) is 2.80. The van der Waals surface area contributed by atoms with Gasteiger partial charge < -0.3 is 16.0 Å². The monoisotopic (exact) mass is 372 g/mol. The van der Waals surface area contributed by atoms with Gasteiger partial charge in [0.1, 0.15) is 11.6 Å². The number of carbonyl (C=O) groups excluding carboxylic acids is 1. The second-order valence-electron chi connectivity index (χ2n) is 6.40. The Bertz CT molecular complexity index is 854. The van der Waals surface area contributed by atoms with E-state index in [1.54, 1.807) is 7.05 Å². The summed E-state index contributed by atoms with van der Waals surface area (Å²) >= 11 is 0. The van der Waals surface area contributed by atoms with Crippen LogP contribution in [-0.2, 0) is 11.2 Å². The normalized spacial score (nSPS) is 16.5. The van der Waals surface area contributed by atoms with E-state index in [1.807, 2.05) is 24.3 Å². The van der Waals surface area contributed by atoms with Gasteiger partial charge in [0.25, 0.3) is 0 Å². The third kappa shape index (κ3) is 4.81. The molecule has 0 radical (unpaired) electrons. The van der Waals surface area contributed by atoms with Gasteiger partial charge in [0.05, 0.1) is 0 Å². The van der Waals surface area contributed by atoms with Crippen molar-refractivity contribution >= 4 is 17.6 Å². The Balaban J connectivity index is 1.54. The number of aliphatic imine (C=N–C) groups is 1. The number of fused-ring (bicyclic) bond motifs is 1. The summed E-state index contributed by atoms with van der Waals surface area (Å²) in [5, 5.41) is 9.17. The molecule has 27 heavy (non-hydrogen) atoms. The Morgan fingerprint density at radius 2 is 2.04 bits per heavy atom. The summed E-state index contributed by atoms with van der Waals surface area (Å²) in [6.07, 6.45) is 0.731. The van der Waals surface area contributed by atoms with Crippen LogP contribution in [0.4, 0.5) is 14.5 Å². The molecule has 0 fully saturated rings. The number of benzene rings is 2. The number of para-hydroxylation sites is 1. The van der Waals surface area contributed by atoms with Gasteiger partial charge in [-0.1, -0.05) is 18.2 Å². The Labute approximate surface area is 156 Å². The standard InChI is InChI=1S/C20H22F2N4O/c1-23-20(24-9-8-13-10-15(21)6-7-17(13)22)25-12-14-11-19(27)26-18-5-3-2-4-16(14)18/h2-7,10,14H,8-9,11-12H2,1H3,(H,26,27)(H2,23,24,25). The fraction of sp³-hybridized carbons (Fsp3) is 0.300. The molecule has 0 aliphatic carbocycles. The number of carbonyl (C=O) groups is 1. The zero-order chi connectivity index (χ0) is 19.2. The summed E-state index contributed by atoms with van der Waals surface area (Å²) in [5.41, 5.74) is 2.24. The average molecular weight is 372 g/mol. The van der Waals surface area contributed by atoms with Gasteiger partial charge in [-0.2, -0.15) is 0 Å². The van der Waals surface area contributed by atoms with E-state index in [1.165, 1.54) is 6.07 Å². The minimum absolute atomic E-state index is 0.00924. The molecule has 1 heterocycles. The third-order valence-corrected chi connectivity index (χ3v) is 4.54. The maximum absolute atomic E-state index is 13.7. The molecule has 0 aromatic heterocycles. The zero-order valence-electron chi connectivity index (χ0n) is 15.1. The molecule has 5 nitrogen and oxygen atoms in total. The van der Waals surface area contributed by atoms with Crippen LogP contribution in [0.3, 0.4) is 0 Å². The summed E-state index contributed by atoms with van der Waals surface area (Å²) in [5.74, 6) is -0.302. The first kappa shape index (κ1) is 18.8. The molecule has 1 aliphatic rings. The number of guanidine groups is 1. The van der Waals surface area contributed by atoms with Crippen LogP contribution in [-0.4, -0.2) is 32.0 Å². The molecular formula is C20H22F2N4O. The molecule has 0 spiro atoms. The summed E-state index contributed by atoms with van der Waals surface area (Å²) in [4.78, 5) is 16.0. The highest BCUT2D eigenvalue weighted by Crippen LogP contribution is 2.31. The lowest BCUT2D eigenvalue weighted by Crippen LogP contribution is -2.41. The molecule has 0 saturated carbocycles. The zero-order valence-corrected chi connectivity index (χ0v) is 15.1. The van der Waals surface area contributed by atoms with E-state index in [9.17, 15) is 13.6 Å². The van der Waals surface area contributed by atoms with Gasteiger partial charge >= 0.3 is 0 Å². The lowest BCUT2D eigenvalue weighted by molar-refractivity contribution is -0.116. The third-order valence-electron chi connectivity index (χ3n) is 4.54. The molecule has 7 heteroatoms. The second kappa shape index (κ2) is 8.62. The fourth-order valence-corrected chi connectivity index (χ4v) is 3.17. The molecule has 142 valence electrons. The Hall–Kier alpha value is -2.96. The van der Waals surface area contributed by atoms with Crippen molar-refractivity contribution in [2.45, 2.75) is 18.8 Å². The van der Waals surface area contributed by atoms with Crippen LogP contribution in [0, 0.1) is 11.6 Å². The van der Waals surface area contributed by atoms with Crippen molar-refractivity contribution in [1.29, 1.82) is 0 Å². The van der Waals surface area contributed by atoms with Crippen LogP contribution in [0.25, 0.3) is 0 Å². The van der Waals surface area contributed by atoms with Gasteiger partial charge in [-0.3, -0.25) is 9.79 Å². The number of nitrogens with one attached hydrogen (secondary N) is 3. The van der Waals surface area contributed by atoms with Crippen molar-refractivity contribution < 1.29 is 13.6 Å². The molecule has 1 atom stereocenters. The van der Waals surface area contributed by atoms with E-state index >= 15 is 0 Å². The van der Waals surface area contributed by atoms with Gasteiger partial charge in [0.15, 0.2) is 5.96 Å². The molecule has 2 aromatic rings. The summed E-state index contributed by atoms with van der Waals surface area (Å²) in [7, 11) is 1.64. The van der Waals surface area contributed by atoms with E-state index in [0.29, 0.717) is 37.5 Å². The van der Waals surface area contributed by atoms with E-state index in [2.05, 4.69) is 20.9 Å². The number of amides is 1. The second-order valence-corrected chi connectivity index (χ2v) is 6.40. The molecule has 1 unspecified atom stereocenters. The smallest absolute Gasteiger partial charge is 0.225 e. The lowest BCUT2D eigenvalue weighted by atomic mass is 9.90. The van der Waals surface area contributed by atoms with Gasteiger partial charge in [0.2, 0.25) is 5.91 Å². The molecule has 0 saturated heterocycles. The average Bonchev–Trinajstić information content (AvgIpc) is 2.66. The molecular weight excluding hydrogens is 350 g/mol. The number of rotatable bonds is 5. The highest BCUT2D eigenvalue weighted by atomic mass is 19.1. The van der Waals surface area contributed by atoms with Crippen molar-refractivity contribution in [1.82, 2.24) is 10.6 Å². The summed E-state index contributed by atoms with van der Waals surface area (Å²) in [6.45, 7) is 0.945. The Kier molecular flexibility index (Phi) is 6.01. The van der Waals surface area contributed by atoms with E-state index in [4.69, 9.17) is 0 Å². The highest BCUT2D eigenvalue weighted by molar-refractivity contribution is 5.94. The van der Waals surface area contributed by atoms with E-state index in [0.717, 1.165) is 23.4 Å². The highest BCUT2D eigenvalue weighted by Gasteiger charge is 2.24. The molecule has 3 rings (SSSR count). The summed E-state index contributed by atoms with van der Waals surface area (Å²) < 4.78 is 26.9. The van der Waals surface area contributed by atoms with Crippen molar-refractivity contribution in [3.05, 3.63) is 65.2 Å². The Morgan fingerprint density at radius 1 is 1.22 bits per heavy atom. The molecule has 1 amide bonds. The number of nitrogens with zero attached hydrogens (tertiary/aromatic N) is 1. The van der Waals surface area contributed by atoms with Crippen LogP contribution >= 0.6 is 0 Å². The van der Waals surface area contributed by atoms with E-state index in [-0.39, 0.29) is 11.8 Å².